The maximum absolute atomic E-state index is 6.87. The maximum Gasteiger partial charge on any atom is 0.234 e. The molecule has 0 saturated carbocycles. The van der Waals surface area contributed by atoms with Crippen molar-refractivity contribution in [3.63, 3.8) is 0 Å². The number of nitrogens with zero attached hydrogens (tertiary/aromatic N) is 2. The molecular weight excluding hydrogens is 404 g/mol. The number of hydrogen-bond donors (Lipinski definition) is 0. The Bertz CT molecular complexity index is 1590. The molecule has 33 heavy (non-hydrogen) atoms. The molecule has 0 radical (unpaired) electrons. The van der Waals surface area contributed by atoms with Crippen LogP contribution in [0, 0.1) is 6.92 Å². The highest BCUT2D eigenvalue weighted by Gasteiger charge is 2.39. The molecule has 3 aromatic carbocycles. The van der Waals surface area contributed by atoms with Crippen LogP contribution in [-0.4, -0.2) is 4.98 Å². The quantitative estimate of drug-likeness (QED) is 0.259. The van der Waals surface area contributed by atoms with Crippen molar-refractivity contribution in [3.05, 3.63) is 71.7 Å². The fourth-order valence-corrected chi connectivity index (χ4v) is 5.94. The van der Waals surface area contributed by atoms with Crippen molar-refractivity contribution in [2.24, 2.45) is 7.05 Å². The number of rotatable bonds is 1. The van der Waals surface area contributed by atoms with E-state index in [2.05, 4.69) is 87.6 Å². The van der Waals surface area contributed by atoms with E-state index in [0.717, 1.165) is 22.4 Å². The predicted molar refractivity (Wildman–Crippen MR) is 136 cm³/mol. The van der Waals surface area contributed by atoms with E-state index in [1.165, 1.54) is 51.1 Å². The molecule has 0 fully saturated rings. The zero-order valence-electron chi connectivity index (χ0n) is 20.4. The lowest BCUT2D eigenvalue weighted by molar-refractivity contribution is -0.660. The Morgan fingerprint density at radius 2 is 1.58 bits per heavy atom. The van der Waals surface area contributed by atoms with Crippen molar-refractivity contribution in [2.45, 2.75) is 58.3 Å². The van der Waals surface area contributed by atoms with Crippen molar-refractivity contribution in [3.8, 4) is 11.3 Å². The number of furan rings is 1. The monoisotopic (exact) mass is 435 g/mol. The van der Waals surface area contributed by atoms with Gasteiger partial charge in [0.1, 0.15) is 18.2 Å². The topological polar surface area (TPSA) is 29.9 Å². The van der Waals surface area contributed by atoms with Crippen molar-refractivity contribution in [1.82, 2.24) is 4.98 Å². The molecule has 6 rings (SSSR count). The fraction of sp³-hybridized carbons (Fsp3) is 0.333. The SMILES string of the molecule is Cc1ccc2c(oc3c2ccc2ccc4c(c23)C(C)(C)CCC4(C)C)c1-c1cncc[n+]1C. The van der Waals surface area contributed by atoms with E-state index in [-0.39, 0.29) is 10.8 Å². The summed E-state index contributed by atoms with van der Waals surface area (Å²) in [6.07, 6.45) is 8.13. The summed E-state index contributed by atoms with van der Waals surface area (Å²) in [5.74, 6) is 0. The van der Waals surface area contributed by atoms with E-state index in [0.29, 0.717) is 0 Å². The molecule has 2 heterocycles. The zero-order valence-corrected chi connectivity index (χ0v) is 20.4. The second-order valence-corrected chi connectivity index (χ2v) is 11.1. The minimum atomic E-state index is 0.103. The molecule has 0 atom stereocenters. The molecule has 5 aromatic rings. The van der Waals surface area contributed by atoms with Gasteiger partial charge in [-0.25, -0.2) is 0 Å². The molecule has 2 aromatic heterocycles. The number of benzene rings is 3. The first-order valence-corrected chi connectivity index (χ1v) is 11.9. The van der Waals surface area contributed by atoms with Crippen molar-refractivity contribution < 1.29 is 8.98 Å². The van der Waals surface area contributed by atoms with E-state index in [9.17, 15) is 0 Å². The molecule has 0 amide bonds. The summed E-state index contributed by atoms with van der Waals surface area (Å²) in [7, 11) is 2.06. The molecule has 0 aliphatic heterocycles. The van der Waals surface area contributed by atoms with Gasteiger partial charge in [0.25, 0.3) is 0 Å². The average molecular weight is 436 g/mol. The minimum absolute atomic E-state index is 0.103. The van der Waals surface area contributed by atoms with E-state index in [1.807, 2.05) is 18.6 Å². The lowest BCUT2D eigenvalue weighted by Crippen LogP contribution is -2.34. The van der Waals surface area contributed by atoms with Crippen LogP contribution in [0.5, 0.6) is 0 Å². The standard InChI is InChI=1S/C30H31N2O/c1-18-7-10-20-21-11-8-19-9-12-22-26(30(4,5)14-13-29(22,2)3)25(19)28(21)33-27(20)24(18)23-17-31-15-16-32(23)6/h7-12,15-17H,13-14H2,1-6H3/q+1. The van der Waals surface area contributed by atoms with Gasteiger partial charge in [0.05, 0.1) is 18.0 Å². The third-order valence-corrected chi connectivity index (χ3v) is 7.99. The average Bonchev–Trinajstić information content (AvgIpc) is 3.16. The highest BCUT2D eigenvalue weighted by Crippen LogP contribution is 2.50. The van der Waals surface area contributed by atoms with Crippen molar-refractivity contribution in [1.29, 1.82) is 0 Å². The molecule has 1 aliphatic rings. The molecule has 0 N–H and O–H groups in total. The molecule has 166 valence electrons. The lowest BCUT2D eigenvalue weighted by Gasteiger charge is -2.42. The summed E-state index contributed by atoms with van der Waals surface area (Å²) in [5.41, 5.74) is 8.54. The summed E-state index contributed by atoms with van der Waals surface area (Å²) >= 11 is 0. The number of aryl methyl sites for hydroxylation is 2. The Morgan fingerprint density at radius 1 is 0.879 bits per heavy atom. The van der Waals surface area contributed by atoms with E-state index in [4.69, 9.17) is 4.42 Å². The third-order valence-electron chi connectivity index (χ3n) is 7.99. The van der Waals surface area contributed by atoms with E-state index >= 15 is 0 Å². The van der Waals surface area contributed by atoms with Gasteiger partial charge in [-0.15, -0.1) is 0 Å². The van der Waals surface area contributed by atoms with Gasteiger partial charge in [-0.1, -0.05) is 58.0 Å². The number of aromatic nitrogens is 2. The number of hydrogen-bond acceptors (Lipinski definition) is 2. The Labute approximate surface area is 195 Å². The van der Waals surface area contributed by atoms with Gasteiger partial charge >= 0.3 is 0 Å². The Hall–Kier alpha value is -3.20. The van der Waals surface area contributed by atoms with Crippen LogP contribution in [0.2, 0.25) is 0 Å². The predicted octanol–water partition coefficient (Wildman–Crippen LogP) is 7.28. The van der Waals surface area contributed by atoms with Crippen LogP contribution in [-0.2, 0) is 17.9 Å². The van der Waals surface area contributed by atoms with Gasteiger partial charge < -0.3 is 4.42 Å². The van der Waals surface area contributed by atoms with Crippen molar-refractivity contribution in [2.75, 3.05) is 0 Å². The van der Waals surface area contributed by atoms with Crippen LogP contribution in [0.1, 0.15) is 57.2 Å². The maximum atomic E-state index is 6.87. The molecular formula is C30H31N2O+. The summed E-state index contributed by atoms with van der Waals surface area (Å²) in [6.45, 7) is 11.7. The highest BCUT2D eigenvalue weighted by molar-refractivity contribution is 6.18. The molecule has 0 bridgehead atoms. The van der Waals surface area contributed by atoms with E-state index in [1.54, 1.807) is 0 Å². The van der Waals surface area contributed by atoms with Crippen LogP contribution < -0.4 is 4.57 Å². The molecule has 3 nitrogen and oxygen atoms in total. The summed E-state index contributed by atoms with van der Waals surface area (Å²) < 4.78 is 8.99. The van der Waals surface area contributed by atoms with E-state index < -0.39 is 0 Å². The Balaban J connectivity index is 1.80. The number of fused-ring (bicyclic) bond motifs is 7. The molecule has 0 saturated heterocycles. The van der Waals surface area contributed by atoms with Gasteiger partial charge in [-0.2, -0.15) is 4.57 Å². The second kappa shape index (κ2) is 6.66. The summed E-state index contributed by atoms with van der Waals surface area (Å²) in [6, 6.07) is 13.6. The molecule has 0 unspecified atom stereocenters. The first kappa shape index (κ1) is 20.4. The molecule has 0 spiro atoms. The second-order valence-electron chi connectivity index (χ2n) is 11.1. The van der Waals surface area contributed by atoms with Gasteiger partial charge in [0.15, 0.2) is 6.20 Å². The normalized spacial score (nSPS) is 17.0. The van der Waals surface area contributed by atoms with Gasteiger partial charge in [0, 0.05) is 16.2 Å². The first-order valence-electron chi connectivity index (χ1n) is 11.9. The van der Waals surface area contributed by atoms with Gasteiger partial charge in [-0.05, 0) is 58.7 Å². The van der Waals surface area contributed by atoms with Crippen LogP contribution in [0.25, 0.3) is 44.0 Å². The van der Waals surface area contributed by atoms with Crippen LogP contribution in [0.4, 0.5) is 0 Å². The highest BCUT2D eigenvalue weighted by atomic mass is 16.3. The third kappa shape index (κ3) is 2.81. The van der Waals surface area contributed by atoms with Crippen LogP contribution >= 0.6 is 0 Å². The van der Waals surface area contributed by atoms with Gasteiger partial charge in [-0.3, -0.25) is 4.98 Å². The Kier molecular flexibility index (Phi) is 4.12. The first-order chi connectivity index (χ1) is 15.7. The minimum Gasteiger partial charge on any atom is -0.454 e. The van der Waals surface area contributed by atoms with Crippen molar-refractivity contribution >= 4 is 32.7 Å². The fourth-order valence-electron chi connectivity index (χ4n) is 5.94. The zero-order chi connectivity index (χ0) is 23.1. The Morgan fingerprint density at radius 3 is 2.36 bits per heavy atom. The summed E-state index contributed by atoms with van der Waals surface area (Å²) in [5, 5.41) is 4.91. The largest absolute Gasteiger partial charge is 0.454 e. The molecule has 3 heteroatoms. The smallest absolute Gasteiger partial charge is 0.234 e. The lowest BCUT2D eigenvalue weighted by atomic mass is 9.62. The van der Waals surface area contributed by atoms with Crippen LogP contribution in [0.15, 0.2) is 59.4 Å². The summed E-state index contributed by atoms with van der Waals surface area (Å²) in [4.78, 5) is 4.40. The molecule has 1 aliphatic carbocycles. The van der Waals surface area contributed by atoms with Crippen LogP contribution in [0.3, 0.4) is 0 Å². The van der Waals surface area contributed by atoms with Gasteiger partial charge in [0.2, 0.25) is 5.69 Å².